The van der Waals surface area contributed by atoms with E-state index in [1.807, 2.05) is 42.5 Å². The lowest BCUT2D eigenvalue weighted by Gasteiger charge is -2.31. The van der Waals surface area contributed by atoms with Gasteiger partial charge in [-0.1, -0.05) is 48.9 Å². The molecule has 1 fully saturated rings. The van der Waals surface area contributed by atoms with Crippen molar-refractivity contribution in [3.63, 3.8) is 0 Å². The smallest absolute Gasteiger partial charge is 0.319 e. The molecule has 20 heavy (non-hydrogen) atoms. The van der Waals surface area contributed by atoms with Crippen LogP contribution in [0.2, 0.25) is 0 Å². The third-order valence-electron chi connectivity index (χ3n) is 3.94. The highest BCUT2D eigenvalue weighted by Gasteiger charge is 2.46. The van der Waals surface area contributed by atoms with E-state index in [1.54, 1.807) is 0 Å². The van der Waals surface area contributed by atoms with E-state index in [0.717, 1.165) is 18.4 Å². The van der Waals surface area contributed by atoms with Gasteiger partial charge in [-0.3, -0.25) is 9.59 Å². The summed E-state index contributed by atoms with van der Waals surface area (Å²) in [5.74, 6) is -0.367. The van der Waals surface area contributed by atoms with Gasteiger partial charge in [0, 0.05) is 6.42 Å². The molecule has 3 heteroatoms. The lowest BCUT2D eigenvalue weighted by atomic mass is 9.70. The maximum atomic E-state index is 12.2. The standard InChI is InChI=1S/C17H20O3/c1-20-16(19)17(12-6-5-11-15(17)18)13-7-10-14-8-3-2-4-9-14/h2-4,7-10H,5-6,11-13H2,1H3/b10-7+. The molecular weight excluding hydrogens is 252 g/mol. The summed E-state index contributed by atoms with van der Waals surface area (Å²) < 4.78 is 4.87. The summed E-state index contributed by atoms with van der Waals surface area (Å²) in [6, 6.07) is 9.86. The van der Waals surface area contributed by atoms with Gasteiger partial charge < -0.3 is 4.74 Å². The summed E-state index contributed by atoms with van der Waals surface area (Å²) in [5.41, 5.74) is 0.105. The van der Waals surface area contributed by atoms with Crippen LogP contribution in [0.1, 0.15) is 37.7 Å². The summed E-state index contributed by atoms with van der Waals surface area (Å²) in [4.78, 5) is 24.3. The molecule has 2 rings (SSSR count). The molecule has 0 bridgehead atoms. The molecule has 1 aromatic rings. The van der Waals surface area contributed by atoms with E-state index < -0.39 is 5.41 Å². The van der Waals surface area contributed by atoms with Crippen LogP contribution in [-0.4, -0.2) is 18.9 Å². The van der Waals surface area contributed by atoms with Crippen LogP contribution in [0.5, 0.6) is 0 Å². The number of carbonyl (C=O) groups excluding carboxylic acids is 2. The third kappa shape index (κ3) is 2.98. The molecule has 0 aliphatic heterocycles. The highest BCUT2D eigenvalue weighted by molar-refractivity contribution is 6.04. The summed E-state index contributed by atoms with van der Waals surface area (Å²) >= 11 is 0. The number of allylic oxidation sites excluding steroid dienone is 1. The predicted molar refractivity (Wildman–Crippen MR) is 78.0 cm³/mol. The van der Waals surface area contributed by atoms with Crippen molar-refractivity contribution in [2.24, 2.45) is 5.41 Å². The summed E-state index contributed by atoms with van der Waals surface area (Å²) in [6.45, 7) is 0. The molecule has 0 aromatic heterocycles. The molecular formula is C17H20O3. The van der Waals surface area contributed by atoms with Crippen molar-refractivity contribution in [1.29, 1.82) is 0 Å². The first-order valence-corrected chi connectivity index (χ1v) is 7.02. The molecule has 1 aromatic carbocycles. The van der Waals surface area contributed by atoms with Crippen molar-refractivity contribution in [2.75, 3.05) is 7.11 Å². The number of carbonyl (C=O) groups is 2. The van der Waals surface area contributed by atoms with Gasteiger partial charge in [-0.05, 0) is 24.8 Å². The number of ether oxygens (including phenoxy) is 1. The number of esters is 1. The second-order valence-electron chi connectivity index (χ2n) is 5.22. The molecule has 0 saturated heterocycles. The molecule has 1 aliphatic rings. The number of methoxy groups -OCH3 is 1. The number of hydrogen-bond donors (Lipinski definition) is 0. The largest absolute Gasteiger partial charge is 0.468 e. The summed E-state index contributed by atoms with van der Waals surface area (Å²) in [7, 11) is 1.35. The molecule has 0 N–H and O–H groups in total. The highest BCUT2D eigenvalue weighted by Crippen LogP contribution is 2.38. The van der Waals surface area contributed by atoms with Gasteiger partial charge in [0.2, 0.25) is 0 Å². The summed E-state index contributed by atoms with van der Waals surface area (Å²) in [6.07, 6.45) is 7.14. The highest BCUT2D eigenvalue weighted by atomic mass is 16.5. The second-order valence-corrected chi connectivity index (χ2v) is 5.22. The molecule has 0 amide bonds. The van der Waals surface area contributed by atoms with Gasteiger partial charge in [-0.2, -0.15) is 0 Å². The van der Waals surface area contributed by atoms with Crippen LogP contribution < -0.4 is 0 Å². The Morgan fingerprint density at radius 2 is 2.05 bits per heavy atom. The van der Waals surface area contributed by atoms with Crippen LogP contribution in [0, 0.1) is 5.41 Å². The van der Waals surface area contributed by atoms with Crippen LogP contribution in [0.4, 0.5) is 0 Å². The van der Waals surface area contributed by atoms with E-state index in [0.29, 0.717) is 19.3 Å². The van der Waals surface area contributed by atoms with Crippen LogP contribution in [-0.2, 0) is 14.3 Å². The molecule has 0 radical (unpaired) electrons. The van der Waals surface area contributed by atoms with Gasteiger partial charge in [-0.25, -0.2) is 0 Å². The number of benzene rings is 1. The zero-order chi connectivity index (χ0) is 14.4. The van der Waals surface area contributed by atoms with Crippen molar-refractivity contribution >= 4 is 17.8 Å². The second kappa shape index (κ2) is 6.51. The minimum absolute atomic E-state index is 0.0216. The monoisotopic (exact) mass is 272 g/mol. The van der Waals surface area contributed by atoms with E-state index >= 15 is 0 Å². The Balaban J connectivity index is 2.14. The van der Waals surface area contributed by atoms with Gasteiger partial charge in [-0.15, -0.1) is 0 Å². The first-order valence-electron chi connectivity index (χ1n) is 7.02. The van der Waals surface area contributed by atoms with E-state index in [1.165, 1.54) is 7.11 Å². The lowest BCUT2D eigenvalue weighted by Crippen LogP contribution is -2.42. The van der Waals surface area contributed by atoms with Crippen molar-refractivity contribution < 1.29 is 14.3 Å². The third-order valence-corrected chi connectivity index (χ3v) is 3.94. The number of rotatable bonds is 4. The zero-order valence-corrected chi connectivity index (χ0v) is 11.8. The van der Waals surface area contributed by atoms with Crippen molar-refractivity contribution in [3.8, 4) is 0 Å². The fourth-order valence-electron chi connectivity index (χ4n) is 2.76. The van der Waals surface area contributed by atoms with Crippen LogP contribution in [0.3, 0.4) is 0 Å². The van der Waals surface area contributed by atoms with E-state index in [2.05, 4.69) is 0 Å². The Morgan fingerprint density at radius 1 is 1.30 bits per heavy atom. The molecule has 1 saturated carbocycles. The first kappa shape index (κ1) is 14.5. The molecule has 1 unspecified atom stereocenters. The molecule has 3 nitrogen and oxygen atoms in total. The lowest BCUT2D eigenvalue weighted by molar-refractivity contribution is -0.159. The number of ketones is 1. The molecule has 106 valence electrons. The van der Waals surface area contributed by atoms with Crippen LogP contribution in [0.15, 0.2) is 36.4 Å². The minimum atomic E-state index is -0.960. The van der Waals surface area contributed by atoms with Gasteiger partial charge in [0.15, 0.2) is 0 Å². The molecule has 0 spiro atoms. The maximum Gasteiger partial charge on any atom is 0.319 e. The van der Waals surface area contributed by atoms with E-state index in [9.17, 15) is 9.59 Å². The summed E-state index contributed by atoms with van der Waals surface area (Å²) in [5, 5.41) is 0. The van der Waals surface area contributed by atoms with Crippen LogP contribution >= 0.6 is 0 Å². The van der Waals surface area contributed by atoms with Crippen molar-refractivity contribution in [1.82, 2.24) is 0 Å². The Morgan fingerprint density at radius 3 is 2.70 bits per heavy atom. The van der Waals surface area contributed by atoms with Gasteiger partial charge in [0.05, 0.1) is 7.11 Å². The van der Waals surface area contributed by atoms with Crippen LogP contribution in [0.25, 0.3) is 6.08 Å². The van der Waals surface area contributed by atoms with Crippen molar-refractivity contribution in [3.05, 3.63) is 42.0 Å². The average Bonchev–Trinajstić information content (AvgIpc) is 2.49. The molecule has 0 heterocycles. The quantitative estimate of drug-likeness (QED) is 0.623. The van der Waals surface area contributed by atoms with Gasteiger partial charge in [0.1, 0.15) is 11.2 Å². The molecule has 1 aliphatic carbocycles. The average molecular weight is 272 g/mol. The minimum Gasteiger partial charge on any atom is -0.468 e. The Hall–Kier alpha value is -1.90. The maximum absolute atomic E-state index is 12.2. The normalized spacial score (nSPS) is 22.9. The Labute approximate surface area is 119 Å². The SMILES string of the molecule is COC(=O)C1(C/C=C/c2ccccc2)CCCCC1=O. The number of hydrogen-bond acceptors (Lipinski definition) is 3. The zero-order valence-electron chi connectivity index (χ0n) is 11.8. The molecule has 1 atom stereocenters. The fourth-order valence-corrected chi connectivity index (χ4v) is 2.76. The number of Topliss-reactive ketones (excluding diaryl/α,β-unsaturated/α-hetero) is 1. The van der Waals surface area contributed by atoms with Gasteiger partial charge >= 0.3 is 5.97 Å². The van der Waals surface area contributed by atoms with E-state index in [4.69, 9.17) is 4.74 Å². The van der Waals surface area contributed by atoms with Gasteiger partial charge in [0.25, 0.3) is 0 Å². The Kier molecular flexibility index (Phi) is 4.72. The first-order chi connectivity index (χ1) is 9.69. The van der Waals surface area contributed by atoms with Crippen molar-refractivity contribution in [2.45, 2.75) is 32.1 Å². The topological polar surface area (TPSA) is 43.4 Å². The van der Waals surface area contributed by atoms with E-state index in [-0.39, 0.29) is 11.8 Å². The fraction of sp³-hybridized carbons (Fsp3) is 0.412. The Bertz CT molecular complexity index is 494. The predicted octanol–water partition coefficient (Wildman–Crippen LogP) is 3.39.